The van der Waals surface area contributed by atoms with Crippen LogP contribution in [0.4, 0.5) is 5.69 Å². The van der Waals surface area contributed by atoms with Crippen molar-refractivity contribution in [1.29, 1.82) is 0 Å². The Balaban J connectivity index is 1.97. The lowest BCUT2D eigenvalue weighted by molar-refractivity contribution is 0.280. The minimum Gasteiger partial charge on any atom is -0.284 e. The maximum atomic E-state index is 14.0. The number of aryl methyl sites for hydroxylation is 1. The molecule has 0 fully saturated rings. The van der Waals surface area contributed by atoms with Gasteiger partial charge in [-0.15, -0.1) is 13.2 Å². The topological polar surface area (TPSA) is 40.6 Å². The average molecular weight is 457 g/mol. The molecule has 33 heavy (non-hydrogen) atoms. The standard InChI is InChI=1S/C28H28N2O2S/c1-4-19-29(20-5-2)28-25-13-9-10-14-26(25)30(27(28)21-23-11-7-6-8-12-23)33(31,32)24-17-15-22(3)16-18-24/h4-18,21,28H,1-2,19-20H2,3H3/b27-21-. The fourth-order valence-electron chi connectivity index (χ4n) is 4.26. The van der Waals surface area contributed by atoms with Gasteiger partial charge in [-0.25, -0.2) is 12.7 Å². The Labute approximate surface area is 196 Å². The molecule has 0 saturated carbocycles. The van der Waals surface area contributed by atoms with Crippen LogP contribution in [-0.2, 0) is 10.0 Å². The lowest BCUT2D eigenvalue weighted by atomic mass is 10.0. The predicted octanol–water partition coefficient (Wildman–Crippen LogP) is 5.96. The number of para-hydroxylation sites is 1. The molecule has 168 valence electrons. The molecular weight excluding hydrogens is 428 g/mol. The van der Waals surface area contributed by atoms with Crippen LogP contribution >= 0.6 is 0 Å². The molecule has 0 amide bonds. The normalized spacial score (nSPS) is 16.7. The Morgan fingerprint density at radius 1 is 0.879 bits per heavy atom. The van der Waals surface area contributed by atoms with E-state index in [2.05, 4.69) is 18.1 Å². The number of rotatable bonds is 8. The van der Waals surface area contributed by atoms with Gasteiger partial charge in [-0.05, 0) is 36.8 Å². The quantitative estimate of drug-likeness (QED) is 0.393. The van der Waals surface area contributed by atoms with E-state index in [9.17, 15) is 8.42 Å². The zero-order valence-corrected chi connectivity index (χ0v) is 19.6. The van der Waals surface area contributed by atoms with Crippen LogP contribution in [0.2, 0.25) is 0 Å². The van der Waals surface area contributed by atoms with E-state index in [0.29, 0.717) is 24.5 Å². The number of anilines is 1. The van der Waals surface area contributed by atoms with Crippen LogP contribution in [0, 0.1) is 6.92 Å². The van der Waals surface area contributed by atoms with Gasteiger partial charge in [-0.1, -0.05) is 78.4 Å². The van der Waals surface area contributed by atoms with Gasteiger partial charge in [0.05, 0.1) is 22.3 Å². The second kappa shape index (κ2) is 9.61. The number of hydrogen-bond donors (Lipinski definition) is 0. The van der Waals surface area contributed by atoms with Gasteiger partial charge in [0.25, 0.3) is 10.0 Å². The van der Waals surface area contributed by atoms with Crippen LogP contribution in [0.3, 0.4) is 0 Å². The molecular formula is C28H28N2O2S. The monoisotopic (exact) mass is 456 g/mol. The predicted molar refractivity (Wildman–Crippen MR) is 136 cm³/mol. The molecule has 4 nitrogen and oxygen atoms in total. The Bertz CT molecular complexity index is 1270. The van der Waals surface area contributed by atoms with E-state index in [1.807, 2.05) is 91.9 Å². The van der Waals surface area contributed by atoms with Crippen LogP contribution in [0.25, 0.3) is 6.08 Å². The van der Waals surface area contributed by atoms with Gasteiger partial charge in [0, 0.05) is 18.7 Å². The number of hydrogen-bond acceptors (Lipinski definition) is 3. The van der Waals surface area contributed by atoms with Crippen LogP contribution in [-0.4, -0.2) is 26.4 Å². The number of fused-ring (bicyclic) bond motifs is 1. The molecule has 0 saturated heterocycles. The summed E-state index contributed by atoms with van der Waals surface area (Å²) in [6.45, 7) is 11.0. The van der Waals surface area contributed by atoms with Crippen molar-refractivity contribution in [2.24, 2.45) is 0 Å². The van der Waals surface area contributed by atoms with Crippen molar-refractivity contribution in [2.45, 2.75) is 17.9 Å². The highest BCUT2D eigenvalue weighted by atomic mass is 32.2. The van der Waals surface area contributed by atoms with Crippen LogP contribution < -0.4 is 4.31 Å². The minimum atomic E-state index is -3.85. The first-order valence-corrected chi connectivity index (χ1v) is 12.3. The summed E-state index contributed by atoms with van der Waals surface area (Å²) in [7, 11) is -3.85. The smallest absolute Gasteiger partial charge is 0.268 e. The van der Waals surface area contributed by atoms with Gasteiger partial charge >= 0.3 is 0 Å². The Kier molecular flexibility index (Phi) is 6.63. The van der Waals surface area contributed by atoms with Gasteiger partial charge in [-0.3, -0.25) is 4.90 Å². The fourth-order valence-corrected chi connectivity index (χ4v) is 5.80. The lowest BCUT2D eigenvalue weighted by Gasteiger charge is -2.30. The molecule has 5 heteroatoms. The minimum absolute atomic E-state index is 0.265. The van der Waals surface area contributed by atoms with Crippen LogP contribution in [0.1, 0.15) is 22.7 Å². The van der Waals surface area contributed by atoms with E-state index in [0.717, 1.165) is 16.7 Å². The molecule has 0 aliphatic carbocycles. The van der Waals surface area contributed by atoms with E-state index in [1.165, 1.54) is 4.31 Å². The summed E-state index contributed by atoms with van der Waals surface area (Å²) >= 11 is 0. The van der Waals surface area contributed by atoms with Crippen molar-refractivity contribution in [3.05, 3.63) is 127 Å². The van der Waals surface area contributed by atoms with E-state index >= 15 is 0 Å². The Morgan fingerprint density at radius 3 is 2.12 bits per heavy atom. The van der Waals surface area contributed by atoms with Crippen molar-refractivity contribution in [3.8, 4) is 0 Å². The fraction of sp³-hybridized carbons (Fsp3) is 0.143. The highest BCUT2D eigenvalue weighted by Gasteiger charge is 2.43. The molecule has 1 heterocycles. The van der Waals surface area contributed by atoms with E-state index < -0.39 is 10.0 Å². The second-order valence-corrected chi connectivity index (χ2v) is 9.84. The van der Waals surface area contributed by atoms with Gasteiger partial charge in [0.1, 0.15) is 0 Å². The van der Waals surface area contributed by atoms with Crippen molar-refractivity contribution in [3.63, 3.8) is 0 Å². The van der Waals surface area contributed by atoms with Crippen molar-refractivity contribution in [1.82, 2.24) is 4.90 Å². The molecule has 0 spiro atoms. The molecule has 0 bridgehead atoms. The van der Waals surface area contributed by atoms with Gasteiger partial charge in [0.15, 0.2) is 0 Å². The summed E-state index contributed by atoms with van der Waals surface area (Å²) in [5.74, 6) is 0. The summed E-state index contributed by atoms with van der Waals surface area (Å²) in [5, 5.41) is 0. The van der Waals surface area contributed by atoms with E-state index in [4.69, 9.17) is 0 Å². The largest absolute Gasteiger partial charge is 0.284 e. The second-order valence-electron chi connectivity index (χ2n) is 8.05. The third-order valence-corrected chi connectivity index (χ3v) is 7.49. The summed E-state index contributed by atoms with van der Waals surface area (Å²) < 4.78 is 29.5. The zero-order chi connectivity index (χ0) is 23.4. The molecule has 1 atom stereocenters. The molecule has 0 radical (unpaired) electrons. The summed E-state index contributed by atoms with van der Waals surface area (Å²) in [6, 6.07) is 24.3. The maximum absolute atomic E-state index is 14.0. The molecule has 1 aliphatic heterocycles. The number of sulfonamides is 1. The Morgan fingerprint density at radius 2 is 1.48 bits per heavy atom. The molecule has 1 unspecified atom stereocenters. The van der Waals surface area contributed by atoms with Crippen molar-refractivity contribution in [2.75, 3.05) is 17.4 Å². The van der Waals surface area contributed by atoms with Crippen molar-refractivity contribution >= 4 is 21.8 Å². The number of benzene rings is 3. The van der Waals surface area contributed by atoms with Gasteiger partial charge < -0.3 is 0 Å². The first-order chi connectivity index (χ1) is 16.0. The molecule has 0 aromatic heterocycles. The molecule has 4 rings (SSSR count). The maximum Gasteiger partial charge on any atom is 0.268 e. The van der Waals surface area contributed by atoms with Gasteiger partial charge in [0.2, 0.25) is 0 Å². The zero-order valence-electron chi connectivity index (χ0n) is 18.8. The first-order valence-electron chi connectivity index (χ1n) is 10.9. The number of nitrogens with zero attached hydrogens (tertiary/aromatic N) is 2. The molecule has 3 aromatic rings. The highest BCUT2D eigenvalue weighted by molar-refractivity contribution is 7.93. The van der Waals surface area contributed by atoms with Crippen LogP contribution in [0.15, 0.2) is 115 Å². The summed E-state index contributed by atoms with van der Waals surface area (Å²) in [4.78, 5) is 2.44. The third-order valence-electron chi connectivity index (χ3n) is 5.73. The molecule has 0 N–H and O–H groups in total. The van der Waals surface area contributed by atoms with E-state index in [1.54, 1.807) is 12.1 Å². The van der Waals surface area contributed by atoms with Gasteiger partial charge in [-0.2, -0.15) is 0 Å². The first kappa shape index (κ1) is 22.8. The molecule has 3 aromatic carbocycles. The van der Waals surface area contributed by atoms with E-state index in [-0.39, 0.29) is 10.9 Å². The summed E-state index contributed by atoms with van der Waals surface area (Å²) in [6.07, 6.45) is 5.64. The third kappa shape index (κ3) is 4.42. The van der Waals surface area contributed by atoms with Crippen LogP contribution in [0.5, 0.6) is 0 Å². The van der Waals surface area contributed by atoms with Crippen molar-refractivity contribution < 1.29 is 8.42 Å². The average Bonchev–Trinajstić information content (AvgIpc) is 3.14. The molecule has 1 aliphatic rings. The Hall–Kier alpha value is -3.41. The highest BCUT2D eigenvalue weighted by Crippen LogP contribution is 2.48. The SMILES string of the molecule is C=CCN(CC=C)C1/C(=C/c2ccccc2)N(S(=O)(=O)c2ccc(C)cc2)c2ccccc21. The summed E-state index contributed by atoms with van der Waals surface area (Å²) in [5.41, 5.74) is 4.25. The lowest BCUT2D eigenvalue weighted by Crippen LogP contribution is -2.34.